The van der Waals surface area contributed by atoms with E-state index in [0.717, 1.165) is 103 Å². The molecule has 0 bridgehead atoms. The van der Waals surface area contributed by atoms with Gasteiger partial charge in [-0.2, -0.15) is 0 Å². The first-order chi connectivity index (χ1) is 35.5. The number of likely N-dealkylation sites (tertiary alicyclic amines) is 2. The quantitative estimate of drug-likeness (QED) is 0.0376. The van der Waals surface area contributed by atoms with E-state index in [-0.39, 0.29) is 48.7 Å². The van der Waals surface area contributed by atoms with Crippen LogP contribution in [0.5, 0.6) is 5.75 Å². The van der Waals surface area contributed by atoms with Gasteiger partial charge >= 0.3 is 0 Å². The van der Waals surface area contributed by atoms with Gasteiger partial charge in [0.15, 0.2) is 0 Å². The second-order valence-electron chi connectivity index (χ2n) is 21.8. The van der Waals surface area contributed by atoms with Gasteiger partial charge in [0.25, 0.3) is 11.5 Å². The minimum Gasteiger partial charge on any atom is -0.496 e. The van der Waals surface area contributed by atoms with Gasteiger partial charge in [0, 0.05) is 54.8 Å². The van der Waals surface area contributed by atoms with Crippen molar-refractivity contribution in [2.75, 3.05) is 33.3 Å². The smallest absolute Gasteiger partial charge is 0.256 e. The molecular formula is C58H80N8O7S. The number of benzene rings is 2. The van der Waals surface area contributed by atoms with Gasteiger partial charge in [-0.3, -0.25) is 24.0 Å². The van der Waals surface area contributed by atoms with Crippen LogP contribution >= 0.6 is 11.3 Å². The summed E-state index contributed by atoms with van der Waals surface area (Å²) in [6, 6.07) is 16.2. The number of hydrogen-bond donors (Lipinski definition) is 5. The van der Waals surface area contributed by atoms with Crippen molar-refractivity contribution in [3.8, 4) is 16.2 Å². The number of nitrogens with zero attached hydrogens (tertiary/aromatic N) is 4. The number of methoxy groups -OCH3 is 1. The molecule has 0 radical (unpaired) electrons. The molecule has 16 heteroatoms. The normalized spacial score (nSPS) is 16.9. The van der Waals surface area contributed by atoms with Crippen molar-refractivity contribution in [3.05, 3.63) is 104 Å². The van der Waals surface area contributed by atoms with Gasteiger partial charge < -0.3 is 45.1 Å². The molecule has 2 aromatic carbocycles. The average Bonchev–Trinajstić information content (AvgIpc) is 4.07. The lowest BCUT2D eigenvalue weighted by Crippen LogP contribution is -2.57. The Labute approximate surface area is 441 Å². The molecule has 3 aromatic heterocycles. The van der Waals surface area contributed by atoms with Gasteiger partial charge in [0.1, 0.15) is 17.8 Å². The molecule has 2 aliphatic heterocycles. The summed E-state index contributed by atoms with van der Waals surface area (Å²) in [6.07, 6.45) is 11.9. The number of ether oxygens (including phenoxy) is 1. The standard InChI is InChI=1S/C58H80N8O7S/c1-38-31-49(73-7)46(54(69)62-38)34-60-56(71)51-40(3)65(47-20-17-16-19-45(47)51)35-42-26-29-64(30-27-42)28-18-14-12-10-8-9-11-13-15-21-50(68)63-53(58(4,5)6)57(72)66-36-44(67)32-48(66)55(70)59-33-41-22-24-43(25-23-41)52-39(2)61-37-74-52/h16-17,19-20,22-25,31,37,42,44,48,53,67H,8-15,18,21,26-30,32-36H2,1-7H3,(H,59,70)(H,60,71)(H,62,69)(H,63,68)/t44-,48+,53-/m1/s1. The van der Waals surface area contributed by atoms with E-state index in [1.807, 2.05) is 82.6 Å². The third-order valence-corrected chi connectivity index (χ3v) is 16.0. The van der Waals surface area contributed by atoms with Crippen LogP contribution in [0.1, 0.15) is 143 Å². The summed E-state index contributed by atoms with van der Waals surface area (Å²) in [5, 5.41) is 20.5. The highest BCUT2D eigenvalue weighted by Gasteiger charge is 2.44. The van der Waals surface area contributed by atoms with E-state index in [0.29, 0.717) is 41.5 Å². The largest absolute Gasteiger partial charge is 0.496 e. The number of carbonyl (C=O) groups is 4. The minimum absolute atomic E-state index is 0.0445. The van der Waals surface area contributed by atoms with E-state index < -0.39 is 23.6 Å². The van der Waals surface area contributed by atoms with Crippen LogP contribution in [-0.4, -0.2) is 105 Å². The highest BCUT2D eigenvalue weighted by molar-refractivity contribution is 7.13. The number of β-amino-alcohol motifs (C(OH)–C–C–N with tert-alkyl or cyclic N) is 1. The molecule has 4 amide bonds. The summed E-state index contributed by atoms with van der Waals surface area (Å²) in [4.78, 5) is 79.4. The van der Waals surface area contributed by atoms with Crippen molar-refractivity contribution in [1.82, 2.24) is 40.3 Å². The number of aromatic amines is 1. The number of para-hydroxylation sites is 1. The Morgan fingerprint density at radius 1 is 0.892 bits per heavy atom. The van der Waals surface area contributed by atoms with Gasteiger partial charge in [-0.05, 0) is 101 Å². The molecular weight excluding hydrogens is 953 g/mol. The molecule has 3 atom stereocenters. The SMILES string of the molecule is COc1cc(C)[nH]c(=O)c1CNC(=O)c1c(C)n(CC2CCN(CCCCCCCCCCCC(=O)N[C@H](C(=O)N3C[C@H](O)C[C@H]3C(=O)NCc3ccc(-c4scnc4C)cc3)C(C)(C)C)CC2)c2ccccc12. The maximum absolute atomic E-state index is 14.1. The first-order valence-electron chi connectivity index (χ1n) is 26.9. The zero-order valence-corrected chi connectivity index (χ0v) is 45.6. The van der Waals surface area contributed by atoms with Crippen LogP contribution < -0.4 is 26.2 Å². The van der Waals surface area contributed by atoms with Crippen molar-refractivity contribution in [1.29, 1.82) is 0 Å². The van der Waals surface area contributed by atoms with E-state index in [2.05, 4.69) is 41.5 Å². The van der Waals surface area contributed by atoms with E-state index in [4.69, 9.17) is 4.74 Å². The van der Waals surface area contributed by atoms with Crippen LogP contribution in [0.2, 0.25) is 0 Å². The van der Waals surface area contributed by atoms with Gasteiger partial charge in [-0.1, -0.05) is 108 Å². The number of amides is 4. The Hall–Kier alpha value is -5.84. The maximum Gasteiger partial charge on any atom is 0.256 e. The maximum atomic E-state index is 14.1. The second-order valence-corrected chi connectivity index (χ2v) is 22.6. The number of aliphatic hydroxyl groups is 1. The molecule has 2 aliphatic rings. The summed E-state index contributed by atoms with van der Waals surface area (Å²) in [7, 11) is 1.53. The van der Waals surface area contributed by atoms with Crippen LogP contribution in [0, 0.1) is 32.1 Å². The molecule has 5 heterocycles. The van der Waals surface area contributed by atoms with E-state index in [9.17, 15) is 29.1 Å². The third-order valence-electron chi connectivity index (χ3n) is 15.1. The first kappa shape index (κ1) is 55.9. The number of aromatic nitrogens is 3. The molecule has 0 aliphatic carbocycles. The number of carbonyl (C=O) groups excluding carboxylic acids is 4. The van der Waals surface area contributed by atoms with Gasteiger partial charge in [0.05, 0.1) is 47.0 Å². The van der Waals surface area contributed by atoms with Crippen LogP contribution in [0.15, 0.2) is 64.9 Å². The summed E-state index contributed by atoms with van der Waals surface area (Å²) >= 11 is 1.59. The number of aryl methyl sites for hydroxylation is 2. The van der Waals surface area contributed by atoms with E-state index in [1.165, 1.54) is 44.1 Å². The molecule has 400 valence electrons. The number of fused-ring (bicyclic) bond motifs is 1. The zero-order chi connectivity index (χ0) is 52.9. The molecule has 5 N–H and O–H groups in total. The molecule has 15 nitrogen and oxygen atoms in total. The summed E-state index contributed by atoms with van der Waals surface area (Å²) in [5.74, 6) is -0.0514. The Morgan fingerprint density at radius 2 is 1.57 bits per heavy atom. The zero-order valence-electron chi connectivity index (χ0n) is 44.8. The lowest BCUT2D eigenvalue weighted by atomic mass is 9.85. The number of hydrogen-bond acceptors (Lipinski definition) is 10. The molecule has 0 unspecified atom stereocenters. The number of pyridine rings is 1. The van der Waals surface area contributed by atoms with Crippen molar-refractivity contribution in [2.24, 2.45) is 11.3 Å². The molecule has 7 rings (SSSR count). The van der Waals surface area contributed by atoms with Crippen molar-refractivity contribution >= 4 is 45.9 Å². The fourth-order valence-electron chi connectivity index (χ4n) is 10.8. The number of H-pyrrole nitrogens is 1. The molecule has 2 saturated heterocycles. The third kappa shape index (κ3) is 14.5. The first-order valence-corrected chi connectivity index (χ1v) is 27.8. The highest BCUT2D eigenvalue weighted by atomic mass is 32.1. The highest BCUT2D eigenvalue weighted by Crippen LogP contribution is 2.31. The Balaban J connectivity index is 0.750. The minimum atomic E-state index is -0.833. The Kier molecular flexibility index (Phi) is 19.7. The predicted octanol–water partition coefficient (Wildman–Crippen LogP) is 8.74. The Morgan fingerprint density at radius 3 is 2.23 bits per heavy atom. The second kappa shape index (κ2) is 26.1. The van der Waals surface area contributed by atoms with Gasteiger partial charge in [-0.15, -0.1) is 11.3 Å². The van der Waals surface area contributed by atoms with Crippen molar-refractivity contribution < 1.29 is 29.0 Å². The molecule has 0 saturated carbocycles. The number of unbranched alkanes of at least 4 members (excludes halogenated alkanes) is 8. The van der Waals surface area contributed by atoms with Crippen molar-refractivity contribution in [3.63, 3.8) is 0 Å². The number of thiazole rings is 1. The average molecular weight is 1030 g/mol. The van der Waals surface area contributed by atoms with Crippen LogP contribution in [0.25, 0.3) is 21.3 Å². The molecule has 2 fully saturated rings. The monoisotopic (exact) mass is 1030 g/mol. The number of rotatable bonds is 24. The summed E-state index contributed by atoms with van der Waals surface area (Å²) in [5.41, 5.74) is 7.68. The molecule has 5 aromatic rings. The van der Waals surface area contributed by atoms with Gasteiger partial charge in [-0.25, -0.2) is 4.98 Å². The molecule has 0 spiro atoms. The van der Waals surface area contributed by atoms with Crippen LogP contribution in [-0.2, 0) is 34.0 Å². The van der Waals surface area contributed by atoms with Gasteiger partial charge in [0.2, 0.25) is 17.7 Å². The fourth-order valence-corrected chi connectivity index (χ4v) is 11.6. The Bertz CT molecular complexity index is 2750. The lowest BCUT2D eigenvalue weighted by molar-refractivity contribution is -0.144. The topological polar surface area (TPSA) is 191 Å². The van der Waals surface area contributed by atoms with Crippen LogP contribution in [0.3, 0.4) is 0 Å². The number of nitrogens with one attached hydrogen (secondary N) is 4. The van der Waals surface area contributed by atoms with Crippen LogP contribution in [0.4, 0.5) is 0 Å². The van der Waals surface area contributed by atoms with E-state index in [1.54, 1.807) is 24.3 Å². The summed E-state index contributed by atoms with van der Waals surface area (Å²) in [6.45, 7) is 16.1. The van der Waals surface area contributed by atoms with E-state index >= 15 is 0 Å². The predicted molar refractivity (Wildman–Crippen MR) is 293 cm³/mol. The number of aliphatic hydroxyl groups excluding tert-OH is 1. The molecule has 74 heavy (non-hydrogen) atoms. The van der Waals surface area contributed by atoms with Crippen molar-refractivity contribution in [2.45, 2.75) is 163 Å². The fraction of sp³-hybridized carbons (Fsp3) is 0.552. The lowest BCUT2D eigenvalue weighted by Gasteiger charge is -2.35. The summed E-state index contributed by atoms with van der Waals surface area (Å²) < 4.78 is 7.75. The number of piperidine rings is 1.